The second-order valence-electron chi connectivity index (χ2n) is 6.08. The molecule has 0 aliphatic carbocycles. The highest BCUT2D eigenvalue weighted by atomic mass is 16.6. The first kappa shape index (κ1) is 21.2. The van der Waals surface area contributed by atoms with E-state index in [9.17, 15) is 19.2 Å². The Morgan fingerprint density at radius 2 is 1.46 bits per heavy atom. The van der Waals surface area contributed by atoms with Crippen LogP contribution in [-0.4, -0.2) is 60.1 Å². The molecule has 1 heterocycles. The molecule has 10 heteroatoms. The minimum Gasteiger partial charge on any atom is -0.478 e. The smallest absolute Gasteiger partial charge is 0.335 e. The van der Waals surface area contributed by atoms with Crippen molar-refractivity contribution in [2.24, 2.45) is 0 Å². The van der Waals surface area contributed by atoms with E-state index in [0.717, 1.165) is 0 Å². The fourth-order valence-corrected chi connectivity index (χ4v) is 2.74. The largest absolute Gasteiger partial charge is 0.478 e. The highest BCUT2D eigenvalue weighted by Gasteiger charge is 2.46. The number of carboxylic acids is 1. The van der Waals surface area contributed by atoms with Crippen LogP contribution in [0.25, 0.3) is 0 Å². The van der Waals surface area contributed by atoms with Crippen molar-refractivity contribution in [3.8, 4) is 0 Å². The van der Waals surface area contributed by atoms with Gasteiger partial charge in [0.2, 0.25) is 0 Å². The summed E-state index contributed by atoms with van der Waals surface area (Å²) in [7, 11) is 0. The average molecular weight is 395 g/mol. The Balaban J connectivity index is 2.25. The molecule has 4 atom stereocenters. The Hall–Kier alpha value is -3.14. The number of hydrogen-bond donors (Lipinski definition) is 2. The molecule has 2 rings (SSSR count). The maximum absolute atomic E-state index is 11.6. The van der Waals surface area contributed by atoms with Crippen LogP contribution in [0, 0.1) is 0 Å². The van der Waals surface area contributed by atoms with Gasteiger partial charge in [-0.25, -0.2) is 4.79 Å². The predicted octanol–water partition coefficient (Wildman–Crippen LogP) is 0.948. The number of ether oxygens (including phenoxy) is 4. The molecule has 1 aromatic rings. The number of carbonyl (C=O) groups is 4. The Kier molecular flexibility index (Phi) is 6.94. The minimum atomic E-state index is -1.11. The maximum atomic E-state index is 11.6. The first-order valence-corrected chi connectivity index (χ1v) is 8.40. The van der Waals surface area contributed by atoms with E-state index >= 15 is 0 Å². The van der Waals surface area contributed by atoms with E-state index in [0.29, 0.717) is 5.69 Å². The number of benzene rings is 1. The highest BCUT2D eigenvalue weighted by molar-refractivity contribution is 5.88. The summed E-state index contributed by atoms with van der Waals surface area (Å²) in [5.74, 6) is -2.98. The van der Waals surface area contributed by atoms with Gasteiger partial charge in [-0.2, -0.15) is 0 Å². The number of nitrogens with one attached hydrogen (secondary N) is 1. The Labute approximate surface area is 160 Å². The number of rotatable bonds is 6. The van der Waals surface area contributed by atoms with Crippen LogP contribution < -0.4 is 5.32 Å². The molecule has 1 unspecified atom stereocenters. The molecule has 0 amide bonds. The van der Waals surface area contributed by atoms with Gasteiger partial charge in [0.1, 0.15) is 0 Å². The molecule has 1 aliphatic rings. The summed E-state index contributed by atoms with van der Waals surface area (Å²) in [6, 6.07) is 5.80. The van der Waals surface area contributed by atoms with Crippen molar-refractivity contribution < 1.29 is 43.2 Å². The minimum absolute atomic E-state index is 0.0966. The number of hydrogen-bond acceptors (Lipinski definition) is 9. The van der Waals surface area contributed by atoms with Gasteiger partial charge < -0.3 is 29.4 Å². The predicted molar refractivity (Wildman–Crippen MR) is 93.4 cm³/mol. The van der Waals surface area contributed by atoms with Crippen LogP contribution in [0.5, 0.6) is 0 Å². The summed E-state index contributed by atoms with van der Waals surface area (Å²) in [6.07, 6.45) is -4.09. The molecule has 1 fully saturated rings. The Bertz CT molecular complexity index is 746. The second kappa shape index (κ2) is 9.18. The third-order valence-corrected chi connectivity index (χ3v) is 3.79. The molecule has 0 saturated carbocycles. The molecule has 2 N–H and O–H groups in total. The molecular formula is C18H21NO9. The van der Waals surface area contributed by atoms with E-state index in [1.165, 1.54) is 45.0 Å². The third-order valence-electron chi connectivity index (χ3n) is 3.79. The summed E-state index contributed by atoms with van der Waals surface area (Å²) in [5, 5.41) is 11.9. The van der Waals surface area contributed by atoms with Gasteiger partial charge in [-0.1, -0.05) is 0 Å². The lowest BCUT2D eigenvalue weighted by Crippen LogP contribution is -2.59. The number of anilines is 1. The topological polar surface area (TPSA) is 137 Å². The van der Waals surface area contributed by atoms with Crippen LogP contribution >= 0.6 is 0 Å². The summed E-state index contributed by atoms with van der Waals surface area (Å²) in [4.78, 5) is 45.4. The molecule has 0 spiro atoms. The molecule has 1 saturated heterocycles. The zero-order valence-electron chi connectivity index (χ0n) is 15.5. The molecule has 152 valence electrons. The van der Waals surface area contributed by atoms with Gasteiger partial charge in [0.25, 0.3) is 0 Å². The van der Waals surface area contributed by atoms with Crippen molar-refractivity contribution in [2.75, 3.05) is 11.9 Å². The molecule has 0 radical (unpaired) electrons. The Morgan fingerprint density at radius 1 is 0.929 bits per heavy atom. The Morgan fingerprint density at radius 3 is 1.96 bits per heavy atom. The van der Waals surface area contributed by atoms with E-state index in [1.807, 2.05) is 0 Å². The summed E-state index contributed by atoms with van der Waals surface area (Å²) in [6.45, 7) is 3.44. The fraction of sp³-hybridized carbons (Fsp3) is 0.444. The monoisotopic (exact) mass is 395 g/mol. The van der Waals surface area contributed by atoms with Gasteiger partial charge in [-0.15, -0.1) is 0 Å². The van der Waals surface area contributed by atoms with Gasteiger partial charge in [0.15, 0.2) is 24.5 Å². The quantitative estimate of drug-likeness (QED) is 0.529. The van der Waals surface area contributed by atoms with Crippen molar-refractivity contribution in [1.82, 2.24) is 0 Å². The van der Waals surface area contributed by atoms with Crippen LogP contribution in [0.4, 0.5) is 5.69 Å². The third kappa shape index (κ3) is 5.68. The van der Waals surface area contributed by atoms with Crippen molar-refractivity contribution in [2.45, 2.75) is 45.3 Å². The van der Waals surface area contributed by atoms with Crippen LogP contribution in [0.2, 0.25) is 0 Å². The van der Waals surface area contributed by atoms with Gasteiger partial charge in [-0.3, -0.25) is 14.4 Å². The summed E-state index contributed by atoms with van der Waals surface area (Å²) >= 11 is 0. The summed E-state index contributed by atoms with van der Waals surface area (Å²) < 4.78 is 21.3. The van der Waals surface area contributed by atoms with Gasteiger partial charge in [0.05, 0.1) is 12.2 Å². The number of esters is 3. The van der Waals surface area contributed by atoms with Gasteiger partial charge in [0, 0.05) is 26.5 Å². The van der Waals surface area contributed by atoms with Gasteiger partial charge >= 0.3 is 23.9 Å². The standard InChI is InChI=1S/C18H21NO9/c1-9(20)26-14-8-25-17(16(28-11(3)22)15(14)27-10(2)21)19-13-6-4-12(5-7-13)18(23)24/h4-7,14-17,19H,8H2,1-3H3,(H,23,24)/t14-,15?,16+,17+/m0/s1. The molecule has 1 aromatic carbocycles. The first-order valence-electron chi connectivity index (χ1n) is 8.40. The molecule has 28 heavy (non-hydrogen) atoms. The summed E-state index contributed by atoms with van der Waals surface area (Å²) in [5.41, 5.74) is 0.582. The van der Waals surface area contributed by atoms with Crippen LogP contribution in [0.1, 0.15) is 31.1 Å². The van der Waals surface area contributed by atoms with Crippen molar-refractivity contribution in [1.29, 1.82) is 0 Å². The molecule has 0 aromatic heterocycles. The first-order chi connectivity index (χ1) is 13.2. The average Bonchev–Trinajstić information content (AvgIpc) is 2.59. The number of carbonyl (C=O) groups excluding carboxylic acids is 3. The lowest BCUT2D eigenvalue weighted by atomic mass is 10.0. The van der Waals surface area contributed by atoms with Crippen LogP contribution in [-0.2, 0) is 33.3 Å². The van der Waals surface area contributed by atoms with Crippen molar-refractivity contribution in [3.63, 3.8) is 0 Å². The van der Waals surface area contributed by atoms with Crippen molar-refractivity contribution in [3.05, 3.63) is 29.8 Å². The second-order valence-corrected chi connectivity index (χ2v) is 6.08. The van der Waals surface area contributed by atoms with E-state index in [1.54, 1.807) is 0 Å². The zero-order valence-corrected chi connectivity index (χ0v) is 15.5. The SMILES string of the molecule is CC(=O)OC1[C@@H](OC(C)=O)CO[C@@H](Nc2ccc(C(=O)O)cc2)[C@@H]1OC(C)=O. The number of aromatic carboxylic acids is 1. The van der Waals surface area contributed by atoms with E-state index < -0.39 is 48.4 Å². The molecule has 0 bridgehead atoms. The fourth-order valence-electron chi connectivity index (χ4n) is 2.74. The zero-order chi connectivity index (χ0) is 20.8. The van der Waals surface area contributed by atoms with Crippen molar-refractivity contribution >= 4 is 29.6 Å². The van der Waals surface area contributed by atoms with Crippen LogP contribution in [0.15, 0.2) is 24.3 Å². The molecule has 10 nitrogen and oxygen atoms in total. The lowest BCUT2D eigenvalue weighted by Gasteiger charge is -2.40. The van der Waals surface area contributed by atoms with E-state index in [4.69, 9.17) is 24.1 Å². The number of carboxylic acid groups (broad SMARTS) is 1. The van der Waals surface area contributed by atoms with E-state index in [2.05, 4.69) is 5.32 Å². The molecule has 1 aliphatic heterocycles. The molecular weight excluding hydrogens is 374 g/mol. The lowest BCUT2D eigenvalue weighted by molar-refractivity contribution is -0.221. The van der Waals surface area contributed by atoms with Crippen LogP contribution in [0.3, 0.4) is 0 Å². The van der Waals surface area contributed by atoms with Gasteiger partial charge in [-0.05, 0) is 24.3 Å². The maximum Gasteiger partial charge on any atom is 0.335 e. The van der Waals surface area contributed by atoms with E-state index in [-0.39, 0.29) is 12.2 Å². The normalized spacial score (nSPS) is 24.0. The highest BCUT2D eigenvalue weighted by Crippen LogP contribution is 2.26.